The number of carbonyl (C=O) groups is 2. The molecule has 1 aromatic heterocycles. The molecule has 0 unspecified atom stereocenters. The monoisotopic (exact) mass is 451 g/mol. The molecule has 0 atom stereocenters. The van der Waals surface area contributed by atoms with Crippen molar-refractivity contribution in [2.45, 2.75) is 83.7 Å². The minimum atomic E-state index is -0.585. The van der Waals surface area contributed by atoms with Crippen LogP contribution in [0.3, 0.4) is 0 Å². The van der Waals surface area contributed by atoms with Crippen molar-refractivity contribution in [1.29, 1.82) is 5.26 Å². The molecule has 33 heavy (non-hydrogen) atoms. The number of rotatable bonds is 9. The van der Waals surface area contributed by atoms with Gasteiger partial charge in [-0.3, -0.25) is 9.59 Å². The third-order valence-corrected chi connectivity index (χ3v) is 6.12. The fourth-order valence-electron chi connectivity index (χ4n) is 4.46. The maximum Gasteiger partial charge on any atom is 0.227 e. The van der Waals surface area contributed by atoms with Gasteiger partial charge in [0.05, 0.1) is 11.6 Å². The van der Waals surface area contributed by atoms with Crippen LogP contribution in [0.25, 0.3) is 0 Å². The lowest BCUT2D eigenvalue weighted by atomic mass is 9.89. The average Bonchev–Trinajstić information content (AvgIpc) is 3.17. The number of hydrogen-bond acceptors (Lipinski definition) is 6. The number of carbonyl (C=O) groups excluding carboxylic acids is 2. The first kappa shape index (κ1) is 24.4. The van der Waals surface area contributed by atoms with Gasteiger partial charge in [-0.2, -0.15) is 10.2 Å². The van der Waals surface area contributed by atoms with Crippen LogP contribution in [0, 0.1) is 11.3 Å². The van der Waals surface area contributed by atoms with Crippen LogP contribution < -0.4 is 5.32 Å². The summed E-state index contributed by atoms with van der Waals surface area (Å²) in [4.78, 5) is 31.2. The Morgan fingerprint density at radius 2 is 1.88 bits per heavy atom. The van der Waals surface area contributed by atoms with E-state index in [2.05, 4.69) is 21.5 Å². The first-order valence-corrected chi connectivity index (χ1v) is 11.8. The second-order valence-electron chi connectivity index (χ2n) is 8.81. The lowest BCUT2D eigenvalue weighted by Crippen LogP contribution is -2.45. The largest absolute Gasteiger partial charge is 0.343 e. The molecule has 1 saturated carbocycles. The van der Waals surface area contributed by atoms with Gasteiger partial charge in [0.2, 0.25) is 17.7 Å². The third kappa shape index (κ3) is 6.64. The number of benzene rings is 1. The summed E-state index contributed by atoms with van der Waals surface area (Å²) in [6, 6.07) is 9.41. The van der Waals surface area contributed by atoms with Crippen molar-refractivity contribution in [3.63, 3.8) is 0 Å². The summed E-state index contributed by atoms with van der Waals surface area (Å²) in [7, 11) is 0. The molecule has 3 rings (SSSR count). The minimum Gasteiger partial charge on any atom is -0.343 e. The Hall–Kier alpha value is -3.21. The first-order chi connectivity index (χ1) is 16.0. The first-order valence-electron chi connectivity index (χ1n) is 11.8. The summed E-state index contributed by atoms with van der Waals surface area (Å²) >= 11 is 0. The van der Waals surface area contributed by atoms with E-state index in [0.29, 0.717) is 36.8 Å². The number of hydrogen-bond donors (Lipinski definition) is 1. The molecule has 2 aromatic rings. The van der Waals surface area contributed by atoms with E-state index in [-0.39, 0.29) is 18.2 Å². The number of nitrogens with one attached hydrogen (secondary N) is 1. The van der Waals surface area contributed by atoms with Crippen molar-refractivity contribution in [3.8, 4) is 6.07 Å². The van der Waals surface area contributed by atoms with Crippen LogP contribution in [0.4, 0.5) is 0 Å². The molecule has 1 aliphatic rings. The molecule has 8 heteroatoms. The molecular weight excluding hydrogens is 418 g/mol. The third-order valence-electron chi connectivity index (χ3n) is 6.12. The summed E-state index contributed by atoms with van der Waals surface area (Å²) in [6.07, 6.45) is 7.33. The summed E-state index contributed by atoms with van der Waals surface area (Å²) in [5.74, 6) is 0.857. The predicted molar refractivity (Wildman–Crippen MR) is 123 cm³/mol. The number of amides is 2. The molecule has 1 aromatic carbocycles. The normalized spacial score (nSPS) is 15.3. The Balaban J connectivity index is 1.64. The van der Waals surface area contributed by atoms with E-state index in [1.807, 2.05) is 24.0 Å². The van der Waals surface area contributed by atoms with Crippen molar-refractivity contribution in [3.05, 3.63) is 47.1 Å². The zero-order chi connectivity index (χ0) is 23.7. The average molecular weight is 452 g/mol. The molecule has 0 aliphatic heterocycles. The van der Waals surface area contributed by atoms with Gasteiger partial charge in [0.15, 0.2) is 5.82 Å². The second kappa shape index (κ2) is 11.6. The van der Waals surface area contributed by atoms with Gasteiger partial charge in [-0.1, -0.05) is 49.9 Å². The van der Waals surface area contributed by atoms with Crippen molar-refractivity contribution in [2.75, 3.05) is 6.54 Å². The van der Waals surface area contributed by atoms with Gasteiger partial charge in [-0.15, -0.1) is 0 Å². The van der Waals surface area contributed by atoms with Crippen LogP contribution in [0.5, 0.6) is 0 Å². The van der Waals surface area contributed by atoms with E-state index < -0.39 is 5.54 Å². The highest BCUT2D eigenvalue weighted by Gasteiger charge is 2.38. The number of nitrogens with zero attached hydrogens (tertiary/aromatic N) is 4. The van der Waals surface area contributed by atoms with E-state index in [0.717, 1.165) is 50.5 Å². The fourth-order valence-corrected chi connectivity index (χ4v) is 4.46. The van der Waals surface area contributed by atoms with Gasteiger partial charge in [0, 0.05) is 32.9 Å². The van der Waals surface area contributed by atoms with Crippen molar-refractivity contribution < 1.29 is 14.1 Å². The Labute approximate surface area is 195 Å². The van der Waals surface area contributed by atoms with Gasteiger partial charge in [-0.25, -0.2) is 0 Å². The van der Waals surface area contributed by atoms with E-state index in [1.165, 1.54) is 6.92 Å². The van der Waals surface area contributed by atoms with Gasteiger partial charge in [0.25, 0.3) is 0 Å². The Kier molecular flexibility index (Phi) is 8.58. The Morgan fingerprint density at radius 3 is 2.48 bits per heavy atom. The molecule has 0 spiro atoms. The molecule has 1 heterocycles. The maximum absolute atomic E-state index is 12.9. The van der Waals surface area contributed by atoms with Gasteiger partial charge in [-0.05, 0) is 37.0 Å². The lowest BCUT2D eigenvalue weighted by Gasteiger charge is -2.30. The van der Waals surface area contributed by atoms with Crippen LogP contribution in [0.1, 0.15) is 88.1 Å². The van der Waals surface area contributed by atoms with Crippen LogP contribution in [0.2, 0.25) is 0 Å². The van der Waals surface area contributed by atoms with Gasteiger partial charge < -0.3 is 14.7 Å². The molecule has 0 saturated heterocycles. The Bertz CT molecular complexity index is 969. The summed E-state index contributed by atoms with van der Waals surface area (Å²) in [5.41, 5.74) is 1.00. The number of nitriles is 1. The SMILES string of the molecule is CCCN(Cc1ccc(C#N)cc1)C(=O)CCc1nc(C2(NC(C)=O)CCCCCC2)no1. The van der Waals surface area contributed by atoms with Crippen molar-refractivity contribution in [1.82, 2.24) is 20.4 Å². The van der Waals surface area contributed by atoms with Crippen LogP contribution >= 0.6 is 0 Å². The Morgan fingerprint density at radius 1 is 1.18 bits per heavy atom. The van der Waals surface area contributed by atoms with Crippen molar-refractivity contribution >= 4 is 11.8 Å². The van der Waals surface area contributed by atoms with Crippen LogP contribution in [-0.4, -0.2) is 33.4 Å². The summed E-state index contributed by atoms with van der Waals surface area (Å²) in [5, 5.41) is 16.2. The van der Waals surface area contributed by atoms with Gasteiger partial charge >= 0.3 is 0 Å². The molecule has 0 bridgehead atoms. The molecule has 8 nitrogen and oxygen atoms in total. The molecule has 176 valence electrons. The zero-order valence-electron chi connectivity index (χ0n) is 19.6. The topological polar surface area (TPSA) is 112 Å². The molecule has 2 amide bonds. The van der Waals surface area contributed by atoms with Crippen molar-refractivity contribution in [2.24, 2.45) is 0 Å². The van der Waals surface area contributed by atoms with Crippen LogP contribution in [-0.2, 0) is 28.1 Å². The summed E-state index contributed by atoms with van der Waals surface area (Å²) in [6.45, 7) is 4.71. The highest BCUT2D eigenvalue weighted by molar-refractivity contribution is 5.76. The fraction of sp³-hybridized carbons (Fsp3) is 0.560. The second-order valence-corrected chi connectivity index (χ2v) is 8.81. The highest BCUT2D eigenvalue weighted by Crippen LogP contribution is 2.34. The number of aromatic nitrogens is 2. The molecule has 1 N–H and O–H groups in total. The standard InChI is InChI=1S/C25H33N5O3/c1-3-16-30(18-21-10-8-20(17-26)9-11-21)23(32)13-12-22-27-24(29-33-22)25(28-19(2)31)14-6-4-5-7-15-25/h8-11H,3-7,12-16,18H2,1-2H3,(H,28,31). The number of aryl methyl sites for hydroxylation is 1. The minimum absolute atomic E-state index is 0.0204. The molecule has 0 radical (unpaired) electrons. The van der Waals surface area contributed by atoms with E-state index in [1.54, 1.807) is 12.1 Å². The lowest BCUT2D eigenvalue weighted by molar-refractivity contribution is -0.132. The smallest absolute Gasteiger partial charge is 0.227 e. The quantitative estimate of drug-likeness (QED) is 0.577. The summed E-state index contributed by atoms with van der Waals surface area (Å²) < 4.78 is 5.49. The molecule has 1 fully saturated rings. The van der Waals surface area contributed by atoms with E-state index >= 15 is 0 Å². The highest BCUT2D eigenvalue weighted by atomic mass is 16.5. The molecular formula is C25H33N5O3. The van der Waals surface area contributed by atoms with E-state index in [9.17, 15) is 9.59 Å². The predicted octanol–water partition coefficient (Wildman–Crippen LogP) is 4.00. The maximum atomic E-state index is 12.9. The van der Waals surface area contributed by atoms with Gasteiger partial charge in [0.1, 0.15) is 5.54 Å². The molecule has 1 aliphatic carbocycles. The van der Waals surface area contributed by atoms with Crippen LogP contribution in [0.15, 0.2) is 28.8 Å². The zero-order valence-corrected chi connectivity index (χ0v) is 19.6. The van der Waals surface area contributed by atoms with E-state index in [4.69, 9.17) is 9.78 Å².